The fourth-order valence-corrected chi connectivity index (χ4v) is 2.90. The molecule has 3 N–H and O–H groups in total. The minimum atomic E-state index is -0.409. The highest BCUT2D eigenvalue weighted by molar-refractivity contribution is 7.11. The maximum atomic E-state index is 10.6. The zero-order valence-corrected chi connectivity index (χ0v) is 15.1. The molecular weight excluding hydrogens is 340 g/mol. The van der Waals surface area contributed by atoms with Crippen LogP contribution in [0.25, 0.3) is 0 Å². The van der Waals surface area contributed by atoms with Crippen LogP contribution in [0.1, 0.15) is 9.88 Å². The number of thiazole rings is 1. The van der Waals surface area contributed by atoms with Gasteiger partial charge in [-0.05, 0) is 19.1 Å². The summed E-state index contributed by atoms with van der Waals surface area (Å²) in [6, 6.07) is 6.36. The lowest BCUT2D eigenvalue weighted by Crippen LogP contribution is -2.40. The highest BCUT2D eigenvalue weighted by Crippen LogP contribution is 2.14. The van der Waals surface area contributed by atoms with Gasteiger partial charge < -0.3 is 16.0 Å². The summed E-state index contributed by atoms with van der Waals surface area (Å²) in [6.07, 6.45) is 2.75. The van der Waals surface area contributed by atoms with E-state index in [0.29, 0.717) is 13.1 Å². The molecule has 0 saturated carbocycles. The van der Waals surface area contributed by atoms with E-state index in [1.807, 2.05) is 13.1 Å². The molecule has 0 fully saturated rings. The smallest absolute Gasteiger partial charge is 0.269 e. The molecule has 25 heavy (non-hydrogen) atoms. The number of rotatable bonds is 8. The number of nitro benzene ring substituents is 1. The van der Waals surface area contributed by atoms with Crippen molar-refractivity contribution in [3.8, 4) is 0 Å². The molecule has 9 heteroatoms. The van der Waals surface area contributed by atoms with E-state index in [1.165, 1.54) is 17.0 Å². The van der Waals surface area contributed by atoms with Gasteiger partial charge in [0.2, 0.25) is 0 Å². The molecule has 2 rings (SSSR count). The molecule has 1 heterocycles. The van der Waals surface area contributed by atoms with E-state index in [4.69, 9.17) is 0 Å². The molecule has 0 aliphatic carbocycles. The summed E-state index contributed by atoms with van der Waals surface area (Å²) >= 11 is 1.71. The van der Waals surface area contributed by atoms with Crippen LogP contribution in [0.5, 0.6) is 0 Å². The van der Waals surface area contributed by atoms with Gasteiger partial charge in [0, 0.05) is 62.0 Å². The molecule has 0 aliphatic heterocycles. The van der Waals surface area contributed by atoms with E-state index in [9.17, 15) is 10.1 Å². The fraction of sp³-hybridized carbons (Fsp3) is 0.375. The molecule has 134 valence electrons. The highest BCUT2D eigenvalue weighted by Gasteiger charge is 2.04. The van der Waals surface area contributed by atoms with Gasteiger partial charge in [-0.3, -0.25) is 15.1 Å². The third-order valence-corrected chi connectivity index (χ3v) is 4.32. The van der Waals surface area contributed by atoms with Crippen LogP contribution in [-0.2, 0) is 6.42 Å². The van der Waals surface area contributed by atoms with Gasteiger partial charge in [0.25, 0.3) is 5.69 Å². The molecule has 0 unspecified atom stereocenters. The van der Waals surface area contributed by atoms with Crippen LogP contribution < -0.4 is 16.0 Å². The first kappa shape index (κ1) is 18.7. The molecule has 0 aliphatic rings. The number of nitrogens with zero attached hydrogens (tertiary/aromatic N) is 3. The van der Waals surface area contributed by atoms with Gasteiger partial charge >= 0.3 is 0 Å². The van der Waals surface area contributed by atoms with E-state index in [2.05, 4.69) is 25.9 Å². The standard InChI is InChI=1S/C16H22N6O2S/c1-12-11-21-15(25-12)7-8-19-16(17-2)20-10-9-18-13-3-5-14(6-4-13)22(23)24/h3-6,11,18H,7-10H2,1-2H3,(H2,17,19,20). The van der Waals surface area contributed by atoms with Crippen molar-refractivity contribution in [3.05, 3.63) is 50.5 Å². The highest BCUT2D eigenvalue weighted by atomic mass is 32.1. The van der Waals surface area contributed by atoms with Crippen molar-refractivity contribution in [2.75, 3.05) is 32.0 Å². The van der Waals surface area contributed by atoms with E-state index in [0.717, 1.165) is 29.6 Å². The molecule has 8 nitrogen and oxygen atoms in total. The van der Waals surface area contributed by atoms with Gasteiger partial charge in [-0.15, -0.1) is 11.3 Å². The summed E-state index contributed by atoms with van der Waals surface area (Å²) in [5.41, 5.74) is 0.929. The Morgan fingerprint density at radius 1 is 1.24 bits per heavy atom. The predicted molar refractivity (Wildman–Crippen MR) is 102 cm³/mol. The molecule has 0 radical (unpaired) electrons. The third-order valence-electron chi connectivity index (χ3n) is 3.35. The zero-order chi connectivity index (χ0) is 18.1. The van der Waals surface area contributed by atoms with Crippen molar-refractivity contribution < 1.29 is 4.92 Å². The van der Waals surface area contributed by atoms with Crippen molar-refractivity contribution >= 4 is 28.7 Å². The third kappa shape index (κ3) is 6.38. The minimum absolute atomic E-state index is 0.0868. The van der Waals surface area contributed by atoms with Crippen molar-refractivity contribution in [2.24, 2.45) is 4.99 Å². The number of aromatic nitrogens is 1. The van der Waals surface area contributed by atoms with Gasteiger partial charge in [-0.1, -0.05) is 0 Å². The van der Waals surface area contributed by atoms with Crippen LogP contribution in [0.2, 0.25) is 0 Å². The molecule has 0 atom stereocenters. The quantitative estimate of drug-likeness (QED) is 0.219. The summed E-state index contributed by atoms with van der Waals surface area (Å²) in [5, 5.41) is 21.4. The molecule has 0 saturated heterocycles. The lowest BCUT2D eigenvalue weighted by atomic mass is 10.3. The molecule has 0 spiro atoms. The average molecular weight is 362 g/mol. The largest absolute Gasteiger partial charge is 0.383 e. The lowest BCUT2D eigenvalue weighted by molar-refractivity contribution is -0.384. The Balaban J connectivity index is 1.64. The number of nitro groups is 1. The van der Waals surface area contributed by atoms with Crippen molar-refractivity contribution in [3.63, 3.8) is 0 Å². The second-order valence-electron chi connectivity index (χ2n) is 5.27. The number of benzene rings is 1. The summed E-state index contributed by atoms with van der Waals surface area (Å²) in [5.74, 6) is 0.735. The Labute approximate surface area is 150 Å². The second-order valence-corrected chi connectivity index (χ2v) is 6.59. The zero-order valence-electron chi connectivity index (χ0n) is 14.3. The van der Waals surface area contributed by atoms with Gasteiger partial charge in [0.05, 0.1) is 9.93 Å². The number of non-ortho nitro benzene ring substituents is 1. The second kappa shape index (κ2) is 9.58. The van der Waals surface area contributed by atoms with Gasteiger partial charge in [0.1, 0.15) is 0 Å². The van der Waals surface area contributed by atoms with Crippen molar-refractivity contribution in [1.82, 2.24) is 15.6 Å². The Kier molecular flexibility index (Phi) is 7.15. The van der Waals surface area contributed by atoms with Crippen LogP contribution in [0.15, 0.2) is 35.5 Å². The van der Waals surface area contributed by atoms with Crippen LogP contribution in [0, 0.1) is 17.0 Å². The first-order valence-electron chi connectivity index (χ1n) is 7.92. The molecule has 1 aromatic heterocycles. The topological polar surface area (TPSA) is 104 Å². The summed E-state index contributed by atoms with van der Waals surface area (Å²) in [6.45, 7) is 4.16. The normalized spacial score (nSPS) is 11.2. The summed E-state index contributed by atoms with van der Waals surface area (Å²) in [7, 11) is 1.73. The number of hydrogen-bond donors (Lipinski definition) is 3. The van der Waals surface area contributed by atoms with Gasteiger partial charge in [-0.25, -0.2) is 4.98 Å². The predicted octanol–water partition coefficient (Wildman–Crippen LogP) is 2.18. The van der Waals surface area contributed by atoms with E-state index < -0.39 is 4.92 Å². The van der Waals surface area contributed by atoms with Gasteiger partial charge in [0.15, 0.2) is 5.96 Å². The first-order chi connectivity index (χ1) is 12.1. The first-order valence-corrected chi connectivity index (χ1v) is 8.74. The maximum absolute atomic E-state index is 10.6. The maximum Gasteiger partial charge on any atom is 0.269 e. The number of guanidine groups is 1. The number of nitrogens with one attached hydrogen (secondary N) is 3. The summed E-state index contributed by atoms with van der Waals surface area (Å²) < 4.78 is 0. The van der Waals surface area contributed by atoms with Crippen LogP contribution >= 0.6 is 11.3 Å². The van der Waals surface area contributed by atoms with Crippen LogP contribution in [0.3, 0.4) is 0 Å². The molecule has 1 aromatic carbocycles. The number of aliphatic imine (C=N–C) groups is 1. The van der Waals surface area contributed by atoms with Crippen LogP contribution in [0.4, 0.5) is 11.4 Å². The van der Waals surface area contributed by atoms with Crippen molar-refractivity contribution in [2.45, 2.75) is 13.3 Å². The Morgan fingerprint density at radius 2 is 1.96 bits per heavy atom. The van der Waals surface area contributed by atoms with Crippen LogP contribution in [-0.4, -0.2) is 42.5 Å². The summed E-state index contributed by atoms with van der Waals surface area (Å²) in [4.78, 5) is 19.9. The number of anilines is 1. The van der Waals surface area contributed by atoms with Gasteiger partial charge in [-0.2, -0.15) is 0 Å². The Hall–Kier alpha value is -2.68. The Morgan fingerprint density at radius 3 is 2.56 bits per heavy atom. The van der Waals surface area contributed by atoms with E-state index in [1.54, 1.807) is 30.5 Å². The molecular formula is C16H22N6O2S. The molecule has 0 amide bonds. The Bertz CT molecular complexity index is 714. The van der Waals surface area contributed by atoms with E-state index in [-0.39, 0.29) is 5.69 Å². The number of aryl methyl sites for hydroxylation is 1. The molecule has 2 aromatic rings. The minimum Gasteiger partial charge on any atom is -0.383 e. The lowest BCUT2D eigenvalue weighted by Gasteiger charge is -2.12. The van der Waals surface area contributed by atoms with Crippen molar-refractivity contribution in [1.29, 1.82) is 0 Å². The fourth-order valence-electron chi connectivity index (χ4n) is 2.11. The monoisotopic (exact) mass is 362 g/mol. The molecule has 0 bridgehead atoms. The number of hydrogen-bond acceptors (Lipinski definition) is 6. The van der Waals surface area contributed by atoms with E-state index >= 15 is 0 Å². The SMILES string of the molecule is CN=C(NCCNc1ccc([N+](=O)[O-])cc1)NCCc1ncc(C)s1. The average Bonchev–Trinajstić information content (AvgIpc) is 3.02.